The number of benzene rings is 2. The summed E-state index contributed by atoms with van der Waals surface area (Å²) in [5.74, 6) is -0.0288. The Balaban J connectivity index is 1.46. The van der Waals surface area contributed by atoms with E-state index in [-0.39, 0.29) is 24.2 Å². The predicted molar refractivity (Wildman–Crippen MR) is 139 cm³/mol. The Labute approximate surface area is 217 Å². The molecule has 0 spiro atoms. The average molecular weight is 525 g/mol. The minimum absolute atomic E-state index is 0.0288. The van der Waals surface area contributed by atoms with Gasteiger partial charge in [0.1, 0.15) is 0 Å². The Morgan fingerprint density at radius 2 is 1.47 bits per heavy atom. The highest BCUT2D eigenvalue weighted by Crippen LogP contribution is 2.24. The lowest BCUT2D eigenvalue weighted by atomic mass is 10.0. The monoisotopic (exact) mass is 523 g/mol. The fourth-order valence-electron chi connectivity index (χ4n) is 5.05. The molecule has 1 amide bonds. The molecule has 0 aliphatic carbocycles. The molecule has 2 heterocycles. The molecule has 2 aliphatic rings. The van der Waals surface area contributed by atoms with Crippen LogP contribution in [0.3, 0.4) is 0 Å². The molecule has 3 atom stereocenters. The summed E-state index contributed by atoms with van der Waals surface area (Å²) in [4.78, 5) is 20.4. The van der Waals surface area contributed by atoms with Gasteiger partial charge in [-0.2, -0.15) is 0 Å². The van der Waals surface area contributed by atoms with Crippen molar-refractivity contribution in [2.75, 3.05) is 45.8 Å². The van der Waals surface area contributed by atoms with Crippen molar-refractivity contribution in [2.45, 2.75) is 38.5 Å². The first-order valence-corrected chi connectivity index (χ1v) is 13.0. The maximum Gasteiger partial charge on any atom is 0.254 e. The van der Waals surface area contributed by atoms with Crippen LogP contribution in [0, 0.1) is 0 Å². The van der Waals surface area contributed by atoms with Crippen molar-refractivity contribution in [3.63, 3.8) is 0 Å². The van der Waals surface area contributed by atoms with Crippen molar-refractivity contribution in [3.05, 3.63) is 68.7 Å². The first-order valence-electron chi connectivity index (χ1n) is 11.9. The molecule has 4 rings (SSSR count). The Hall–Kier alpha value is -1.34. The molecule has 0 saturated carbocycles. The summed E-state index contributed by atoms with van der Waals surface area (Å²) in [7, 11) is 0. The number of rotatable bonds is 6. The number of carbonyl (C=O) groups excluding carboxylic acids is 1. The zero-order valence-corrected chi connectivity index (χ0v) is 22.0. The summed E-state index contributed by atoms with van der Waals surface area (Å²) in [5, 5.41) is 1.65. The third kappa shape index (κ3) is 6.87. The van der Waals surface area contributed by atoms with Gasteiger partial charge in [0.2, 0.25) is 0 Å². The fraction of sp³-hybridized carbons (Fsp3) is 0.500. The van der Waals surface area contributed by atoms with Crippen LogP contribution >= 0.6 is 34.8 Å². The largest absolute Gasteiger partial charge is 0.373 e. The summed E-state index contributed by atoms with van der Waals surface area (Å²) in [6, 6.07) is 13.0. The first-order chi connectivity index (χ1) is 16.3. The summed E-state index contributed by atoms with van der Waals surface area (Å²) >= 11 is 18.5. The third-order valence-electron chi connectivity index (χ3n) is 6.55. The van der Waals surface area contributed by atoms with Crippen molar-refractivity contribution < 1.29 is 9.53 Å². The van der Waals surface area contributed by atoms with Crippen LogP contribution in [0.25, 0.3) is 0 Å². The minimum Gasteiger partial charge on any atom is -0.373 e. The van der Waals surface area contributed by atoms with Crippen LogP contribution in [0.2, 0.25) is 15.1 Å². The molecule has 0 radical (unpaired) electrons. The van der Waals surface area contributed by atoms with Gasteiger partial charge in [-0.05, 0) is 56.2 Å². The van der Waals surface area contributed by atoms with E-state index in [1.807, 2.05) is 29.2 Å². The van der Waals surface area contributed by atoms with Gasteiger partial charge in [0.15, 0.2) is 0 Å². The van der Waals surface area contributed by atoms with E-state index in [1.165, 1.54) is 0 Å². The van der Waals surface area contributed by atoms with Crippen molar-refractivity contribution in [1.29, 1.82) is 0 Å². The van der Waals surface area contributed by atoms with Crippen LogP contribution in [0.4, 0.5) is 0 Å². The molecule has 5 nitrogen and oxygen atoms in total. The molecule has 8 heteroatoms. The van der Waals surface area contributed by atoms with Gasteiger partial charge in [-0.25, -0.2) is 0 Å². The van der Waals surface area contributed by atoms with Gasteiger partial charge in [-0.15, -0.1) is 0 Å². The molecule has 2 fully saturated rings. The average Bonchev–Trinajstić information content (AvgIpc) is 2.78. The molecule has 0 aromatic heterocycles. The summed E-state index contributed by atoms with van der Waals surface area (Å²) in [6.45, 7) is 10.5. The second-order valence-electron chi connectivity index (χ2n) is 9.46. The van der Waals surface area contributed by atoms with E-state index < -0.39 is 0 Å². The molecule has 2 aromatic rings. The normalized spacial score (nSPS) is 24.4. The lowest BCUT2D eigenvalue weighted by Gasteiger charge is -2.43. The first kappa shape index (κ1) is 25.7. The van der Waals surface area contributed by atoms with Crippen LogP contribution < -0.4 is 0 Å². The van der Waals surface area contributed by atoms with Crippen molar-refractivity contribution in [2.24, 2.45) is 0 Å². The number of halogens is 3. The molecule has 34 heavy (non-hydrogen) atoms. The third-order valence-corrected chi connectivity index (χ3v) is 7.24. The highest BCUT2D eigenvalue weighted by atomic mass is 35.5. The van der Waals surface area contributed by atoms with Crippen LogP contribution in [0.1, 0.15) is 29.8 Å². The quantitative estimate of drug-likeness (QED) is 0.525. The van der Waals surface area contributed by atoms with Gasteiger partial charge in [0.25, 0.3) is 5.91 Å². The smallest absolute Gasteiger partial charge is 0.254 e. The summed E-state index contributed by atoms with van der Waals surface area (Å²) in [5.41, 5.74) is 1.69. The van der Waals surface area contributed by atoms with Crippen molar-refractivity contribution >= 4 is 40.7 Å². The zero-order valence-electron chi connectivity index (χ0n) is 19.7. The van der Waals surface area contributed by atoms with Gasteiger partial charge in [0, 0.05) is 72.5 Å². The van der Waals surface area contributed by atoms with Crippen LogP contribution in [0.5, 0.6) is 0 Å². The van der Waals surface area contributed by atoms with Crippen LogP contribution in [-0.4, -0.2) is 84.7 Å². The van der Waals surface area contributed by atoms with Crippen molar-refractivity contribution in [3.8, 4) is 0 Å². The number of piperazine rings is 1. The summed E-state index contributed by atoms with van der Waals surface area (Å²) < 4.78 is 5.87. The molecule has 0 unspecified atom stereocenters. The molecule has 0 N–H and O–H groups in total. The number of hydrogen-bond donors (Lipinski definition) is 0. The van der Waals surface area contributed by atoms with E-state index in [0.717, 1.165) is 51.3 Å². The Morgan fingerprint density at radius 3 is 2.12 bits per heavy atom. The number of morpholine rings is 1. The second-order valence-corrected chi connectivity index (χ2v) is 10.8. The molecule has 2 aromatic carbocycles. The topological polar surface area (TPSA) is 36.0 Å². The highest BCUT2D eigenvalue weighted by molar-refractivity contribution is 6.35. The predicted octanol–water partition coefficient (Wildman–Crippen LogP) is 5.13. The maximum atomic E-state index is 13.5. The number of nitrogens with zero attached hydrogens (tertiary/aromatic N) is 3. The SMILES string of the molecule is C[C@@H]1CN(CCN2CCN(C(=O)c3cc(Cl)cc(Cl)c3)[C@H](Cc3ccc(Cl)cc3)C2)C[C@H](C)O1. The molecular formula is C26H32Cl3N3O2. The van der Waals surface area contributed by atoms with Crippen LogP contribution in [0.15, 0.2) is 42.5 Å². The highest BCUT2D eigenvalue weighted by Gasteiger charge is 2.32. The van der Waals surface area contributed by atoms with Gasteiger partial charge < -0.3 is 9.64 Å². The fourth-order valence-corrected chi connectivity index (χ4v) is 5.70. The van der Waals surface area contributed by atoms with Gasteiger partial charge in [-0.3, -0.25) is 14.6 Å². The van der Waals surface area contributed by atoms with E-state index in [9.17, 15) is 4.79 Å². The van der Waals surface area contributed by atoms with E-state index in [0.29, 0.717) is 27.2 Å². The second kappa shape index (κ2) is 11.6. The number of amides is 1. The summed E-state index contributed by atoms with van der Waals surface area (Å²) in [6.07, 6.45) is 1.29. The molecule has 184 valence electrons. The van der Waals surface area contributed by atoms with E-state index in [1.54, 1.807) is 18.2 Å². The molecule has 2 aliphatic heterocycles. The van der Waals surface area contributed by atoms with Crippen molar-refractivity contribution in [1.82, 2.24) is 14.7 Å². The van der Waals surface area contributed by atoms with E-state index in [4.69, 9.17) is 39.5 Å². The minimum atomic E-state index is -0.0288. The van der Waals surface area contributed by atoms with E-state index in [2.05, 4.69) is 23.6 Å². The standard InChI is InChI=1S/C26H32Cl3N3O2/c1-18-15-31(16-19(2)34-18)8-7-30-9-10-32(26(33)21-12-23(28)14-24(29)13-21)25(17-30)11-20-3-5-22(27)6-4-20/h3-6,12-14,18-19,25H,7-11,15-17H2,1-2H3/t18-,19+,25-/m1/s1. The molecule has 0 bridgehead atoms. The maximum absolute atomic E-state index is 13.5. The molecular weight excluding hydrogens is 493 g/mol. The Kier molecular flexibility index (Phi) is 8.78. The van der Waals surface area contributed by atoms with Gasteiger partial charge >= 0.3 is 0 Å². The van der Waals surface area contributed by atoms with Gasteiger partial charge in [-0.1, -0.05) is 46.9 Å². The van der Waals surface area contributed by atoms with Crippen LogP contribution in [-0.2, 0) is 11.2 Å². The lowest BCUT2D eigenvalue weighted by Crippen LogP contribution is -2.57. The Morgan fingerprint density at radius 1 is 0.853 bits per heavy atom. The lowest BCUT2D eigenvalue weighted by molar-refractivity contribution is -0.0702. The number of ether oxygens (including phenoxy) is 1. The number of hydrogen-bond acceptors (Lipinski definition) is 4. The molecule has 2 saturated heterocycles. The number of carbonyl (C=O) groups is 1. The van der Waals surface area contributed by atoms with E-state index >= 15 is 0 Å². The zero-order chi connectivity index (χ0) is 24.2. The van der Waals surface area contributed by atoms with Gasteiger partial charge in [0.05, 0.1) is 12.2 Å². The Bertz CT molecular complexity index is 958.